The summed E-state index contributed by atoms with van der Waals surface area (Å²) in [5, 5.41) is 29.7. The molecule has 0 amide bonds. The number of hydrogen-bond acceptors (Lipinski definition) is 15. The molecule has 3 atom stereocenters. The Balaban J connectivity index is 0.000000245. The third-order valence-corrected chi connectivity index (χ3v) is 8.81. The Bertz CT molecular complexity index is 2130. The van der Waals surface area contributed by atoms with Gasteiger partial charge in [-0.3, -0.25) is 20.2 Å². The van der Waals surface area contributed by atoms with Gasteiger partial charge in [0.25, 0.3) is 11.4 Å². The standard InChI is InChI=1S/C13H14F3NO5.C13H16F3NO3.C7H4F3NO3.C6H12IO3/c1-12(2)21-7-11(22-12)6-20-10-4-8(13(14,15)16)3-9(5-10)17(18)19;1-12(2)19-7-11(20-12)6-18-10-4-8(13(14,15)16)3-9(17)5-10;8-7(9,10)4-1-5(11(13)14)3-6(12)2-4;1-6(2)8-3-5(10-6)4-9-7/h3-5,11H,6-7H2,1-2H3;3-5,11H,6-7,17H2,1-2H3;1-3,12H;5,7H,3-4H2,1-2H3/q;;;-1/t;;;5-/m...0/s1/i;;;7T. The third kappa shape index (κ3) is 19.0. The number of benzene rings is 3. The van der Waals surface area contributed by atoms with Crippen LogP contribution in [0.1, 0.15) is 58.2 Å². The molecule has 3 aliphatic heterocycles. The average Bonchev–Trinajstić information content (AvgIpc) is 3.87. The summed E-state index contributed by atoms with van der Waals surface area (Å²) in [6.45, 7) is 12.3. The number of alkyl halides is 9. The molecule has 3 aliphatic rings. The topological polar surface area (TPSA) is 216 Å². The fraction of sp³-hybridized carbons (Fsp3) is 0.538. The monoisotopic (exact) mass is 1080 g/mol. The van der Waals surface area contributed by atoms with Crippen molar-refractivity contribution in [1.29, 1.82) is 0.594 Å². The molecule has 0 radical (unpaired) electrons. The number of hydrogen-bond donors (Lipinski definition) is 2. The van der Waals surface area contributed by atoms with Gasteiger partial charge in [-0.15, -0.1) is 0 Å². The maximum absolute atomic E-state index is 12.7. The molecule has 3 saturated heterocycles. The van der Waals surface area contributed by atoms with Gasteiger partial charge in [0, 0.05) is 23.9 Å². The Hall–Kier alpha value is -4.52. The molecule has 0 aliphatic carbocycles. The van der Waals surface area contributed by atoms with Gasteiger partial charge < -0.3 is 39.3 Å². The first kappa shape index (κ1) is 54.1. The second-order valence-electron chi connectivity index (χ2n) is 15.5. The van der Waals surface area contributed by atoms with E-state index in [1.54, 1.807) is 27.7 Å². The van der Waals surface area contributed by atoms with Gasteiger partial charge in [-0.25, -0.2) is 0 Å². The van der Waals surface area contributed by atoms with E-state index in [1.165, 1.54) is 6.07 Å². The van der Waals surface area contributed by atoms with Crippen LogP contribution in [0.25, 0.3) is 0 Å². The summed E-state index contributed by atoms with van der Waals surface area (Å²) in [6.07, 6.45) is -14.6. The minimum absolute atomic E-state index is 0.00116. The summed E-state index contributed by atoms with van der Waals surface area (Å²) in [5.41, 5.74) is 0.744. The Morgan fingerprint density at radius 1 is 0.636 bits per heavy atom. The Labute approximate surface area is 384 Å². The number of non-ortho nitro benzene ring substituents is 2. The number of nitrogens with two attached hydrogens (primary N) is 1. The number of nitro groups is 2. The average molecular weight is 1080 g/mol. The van der Waals surface area contributed by atoms with E-state index >= 15 is 0 Å². The normalized spacial score (nSPS) is 21.0. The summed E-state index contributed by atoms with van der Waals surface area (Å²) >= 11 is -0.828. The van der Waals surface area contributed by atoms with E-state index < -0.39 is 108 Å². The van der Waals surface area contributed by atoms with Gasteiger partial charge in [-0.05, 0) is 52.0 Å². The van der Waals surface area contributed by atoms with Crippen LogP contribution in [0, 0.1) is 20.2 Å². The van der Waals surface area contributed by atoms with Crippen LogP contribution >= 0.6 is 0 Å². The quantitative estimate of drug-likeness (QED) is 0.0782. The van der Waals surface area contributed by atoms with Crippen LogP contribution in [0.15, 0.2) is 54.6 Å². The van der Waals surface area contributed by atoms with E-state index in [1.807, 2.05) is 13.8 Å². The number of nitro benzene ring substituents is 2. The van der Waals surface area contributed by atoms with E-state index in [9.17, 15) is 59.7 Å². The van der Waals surface area contributed by atoms with Crippen molar-refractivity contribution in [1.82, 2.24) is 0 Å². The maximum atomic E-state index is 12.7. The van der Waals surface area contributed by atoms with Gasteiger partial charge in [-0.1, -0.05) is 0 Å². The number of halogens is 10. The first-order valence-electron chi connectivity index (χ1n) is 19.4. The van der Waals surface area contributed by atoms with E-state index in [-0.39, 0.29) is 49.2 Å². The molecule has 0 spiro atoms. The van der Waals surface area contributed by atoms with Crippen molar-refractivity contribution in [3.05, 3.63) is 91.5 Å². The van der Waals surface area contributed by atoms with E-state index in [2.05, 4.69) is 0 Å². The first-order valence-corrected chi connectivity index (χ1v) is 19.9. The van der Waals surface area contributed by atoms with E-state index in [0.717, 1.165) is 18.2 Å². The van der Waals surface area contributed by atoms with E-state index in [4.69, 9.17) is 52.4 Å². The number of anilines is 1. The zero-order valence-electron chi connectivity index (χ0n) is 36.7. The Morgan fingerprint density at radius 3 is 1.36 bits per heavy atom. The Kier molecular flexibility index (Phi) is 18.5. The number of nitrogen functional groups attached to an aromatic ring is 1. The first-order chi connectivity index (χ1) is 30.7. The van der Waals surface area contributed by atoms with Crippen molar-refractivity contribution < 1.29 is 118 Å². The van der Waals surface area contributed by atoms with Crippen LogP contribution in [-0.4, -0.2) is 90.9 Å². The van der Waals surface area contributed by atoms with Crippen LogP contribution in [0.3, 0.4) is 0 Å². The van der Waals surface area contributed by atoms with Crippen molar-refractivity contribution in [2.75, 3.05) is 45.4 Å². The van der Waals surface area contributed by atoms with Crippen molar-refractivity contribution in [3.63, 3.8) is 0 Å². The predicted molar refractivity (Wildman–Crippen MR) is 207 cm³/mol. The molecule has 3 fully saturated rings. The van der Waals surface area contributed by atoms with Crippen molar-refractivity contribution in [2.24, 2.45) is 0 Å². The van der Waals surface area contributed by atoms with Gasteiger partial charge in [0.1, 0.15) is 42.7 Å². The molecule has 372 valence electrons. The van der Waals surface area contributed by atoms with Crippen molar-refractivity contribution >= 4 is 17.1 Å². The molecule has 2 unspecified atom stereocenters. The summed E-state index contributed by atoms with van der Waals surface area (Å²) in [6, 6.07) is 6.68. The molecule has 0 bridgehead atoms. The molecule has 66 heavy (non-hydrogen) atoms. The number of phenols is 1. The molecular formula is C39H46F9IN3O14-. The second-order valence-corrected chi connectivity index (χ2v) is 16.1. The van der Waals surface area contributed by atoms with Crippen LogP contribution in [0.4, 0.5) is 56.6 Å². The summed E-state index contributed by atoms with van der Waals surface area (Å²) in [7, 11) is 0. The number of rotatable bonds is 11. The molecule has 3 heterocycles. The van der Waals surface area contributed by atoms with Gasteiger partial charge in [0.15, 0.2) is 11.6 Å². The van der Waals surface area contributed by atoms with Crippen molar-refractivity contribution in [2.45, 2.75) is 95.7 Å². The van der Waals surface area contributed by atoms with Crippen molar-refractivity contribution in [3.8, 4) is 17.2 Å². The molecule has 0 aromatic heterocycles. The molecule has 3 N–H and O–H groups in total. The van der Waals surface area contributed by atoms with Gasteiger partial charge >= 0.3 is 93.4 Å². The third-order valence-electron chi connectivity index (χ3n) is 8.45. The molecule has 27 heteroatoms. The van der Waals surface area contributed by atoms with Crippen LogP contribution < -0.4 is 38.0 Å². The summed E-state index contributed by atoms with van der Waals surface area (Å²) < 4.78 is 167. The fourth-order valence-corrected chi connectivity index (χ4v) is 6.05. The molecule has 3 aromatic carbocycles. The number of ether oxygens (including phenoxy) is 8. The Morgan fingerprint density at radius 2 is 1.00 bits per heavy atom. The van der Waals surface area contributed by atoms with E-state index in [0.29, 0.717) is 50.2 Å². The summed E-state index contributed by atoms with van der Waals surface area (Å²) in [5.74, 6) is -2.91. The van der Waals surface area contributed by atoms with Crippen LogP contribution in [-0.2, 0) is 50.0 Å². The second kappa shape index (κ2) is 22.5. The SMILES string of the molecule is CC1(C)OCC(COc2cc(N)cc(C(F)(F)F)c2)O1.CC1(C)OCC(COc2cc([N+](=O)[O-])cc(C(F)(F)F)c2)O1.O=[N+]([O-])c1cc(O)cc(C(F)(F)F)c1.[3H][I-]OC[C@@H]1COC(C)(C)O1. The minimum atomic E-state index is -4.70. The predicted octanol–water partition coefficient (Wildman–Crippen LogP) is 5.64. The van der Waals surface area contributed by atoms with Gasteiger partial charge in [0.05, 0.1) is 51.9 Å². The van der Waals surface area contributed by atoms with Gasteiger partial charge in [0.2, 0.25) is 0 Å². The van der Waals surface area contributed by atoms with Crippen LogP contribution in [0.2, 0.25) is 0 Å². The molecule has 0 saturated carbocycles. The zero-order chi connectivity index (χ0) is 50.8. The molecule has 17 nitrogen and oxygen atoms in total. The van der Waals surface area contributed by atoms with Crippen LogP contribution in [0.5, 0.6) is 17.2 Å². The fourth-order valence-electron chi connectivity index (χ4n) is 5.65. The zero-order valence-corrected chi connectivity index (χ0v) is 37.8. The molecular weight excluding hydrogens is 1030 g/mol. The number of aromatic hydroxyl groups is 1. The summed E-state index contributed by atoms with van der Waals surface area (Å²) in [4.78, 5) is 19.0. The number of phenolic OH excluding ortho intramolecular Hbond substituents is 1. The molecule has 3 aromatic rings. The number of nitrogens with zero attached hydrogens (tertiary/aromatic N) is 2. The van der Waals surface area contributed by atoms with Gasteiger partial charge in [-0.2, -0.15) is 39.5 Å². The molecule has 6 rings (SSSR count).